The van der Waals surface area contributed by atoms with E-state index in [0.717, 1.165) is 28.8 Å². The predicted molar refractivity (Wildman–Crippen MR) is 95.5 cm³/mol. The molecule has 5 nitrogen and oxygen atoms in total. The Balaban J connectivity index is 1.79. The minimum Gasteiger partial charge on any atom is -0.492 e. The number of aromatic nitrogens is 3. The van der Waals surface area contributed by atoms with Crippen LogP contribution in [0.15, 0.2) is 30.3 Å². The van der Waals surface area contributed by atoms with Gasteiger partial charge in [-0.15, -0.1) is 5.10 Å². The lowest BCUT2D eigenvalue weighted by atomic mass is 9.95. The van der Waals surface area contributed by atoms with E-state index in [1.807, 2.05) is 13.0 Å². The van der Waals surface area contributed by atoms with E-state index in [-0.39, 0.29) is 11.9 Å². The van der Waals surface area contributed by atoms with Gasteiger partial charge in [-0.3, -0.25) is 4.90 Å². The average Bonchev–Trinajstić information content (AvgIpc) is 3.09. The van der Waals surface area contributed by atoms with Crippen molar-refractivity contribution in [2.75, 3.05) is 13.1 Å². The summed E-state index contributed by atoms with van der Waals surface area (Å²) >= 11 is 1.54. The van der Waals surface area contributed by atoms with E-state index in [4.69, 9.17) is 0 Å². The molecule has 126 valence electrons. The lowest BCUT2D eigenvalue weighted by molar-refractivity contribution is 0.157. The molecule has 6 heteroatoms. The maximum Gasteiger partial charge on any atom is 0.230 e. The zero-order chi connectivity index (χ0) is 16.7. The fourth-order valence-electron chi connectivity index (χ4n) is 3.48. The van der Waals surface area contributed by atoms with Gasteiger partial charge in [-0.1, -0.05) is 48.6 Å². The molecule has 0 saturated carbocycles. The smallest absolute Gasteiger partial charge is 0.230 e. The molecule has 3 heterocycles. The van der Waals surface area contributed by atoms with Gasteiger partial charge in [0.05, 0.1) is 10.9 Å². The highest BCUT2D eigenvalue weighted by Crippen LogP contribution is 2.41. The van der Waals surface area contributed by atoms with Crippen molar-refractivity contribution in [3.8, 4) is 5.88 Å². The summed E-state index contributed by atoms with van der Waals surface area (Å²) in [6, 6.07) is 10.5. The minimum atomic E-state index is 0.0625. The second kappa shape index (κ2) is 6.18. The number of thiazole rings is 1. The highest BCUT2D eigenvalue weighted by Gasteiger charge is 2.31. The van der Waals surface area contributed by atoms with Gasteiger partial charge >= 0.3 is 0 Å². The van der Waals surface area contributed by atoms with Gasteiger partial charge in [0, 0.05) is 0 Å². The van der Waals surface area contributed by atoms with Crippen molar-refractivity contribution in [2.24, 2.45) is 5.92 Å². The van der Waals surface area contributed by atoms with E-state index in [2.05, 4.69) is 46.2 Å². The Morgan fingerprint density at radius 1 is 1.21 bits per heavy atom. The normalized spacial score (nSPS) is 18.2. The van der Waals surface area contributed by atoms with E-state index in [1.54, 1.807) is 4.52 Å². The first kappa shape index (κ1) is 15.6. The van der Waals surface area contributed by atoms with Gasteiger partial charge in [0.2, 0.25) is 10.8 Å². The molecule has 1 N–H and O–H groups in total. The number of hydrogen-bond acceptors (Lipinski definition) is 5. The third-order valence-corrected chi connectivity index (χ3v) is 5.93. The van der Waals surface area contributed by atoms with Crippen LogP contribution in [0, 0.1) is 12.8 Å². The fourth-order valence-corrected chi connectivity index (χ4v) is 4.64. The largest absolute Gasteiger partial charge is 0.492 e. The van der Waals surface area contributed by atoms with Gasteiger partial charge in [0.15, 0.2) is 0 Å². The molecule has 1 aliphatic rings. The summed E-state index contributed by atoms with van der Waals surface area (Å²) in [6.45, 7) is 6.26. The van der Waals surface area contributed by atoms with Crippen LogP contribution >= 0.6 is 11.3 Å². The highest BCUT2D eigenvalue weighted by atomic mass is 32.1. The Kier molecular flexibility index (Phi) is 4.02. The highest BCUT2D eigenvalue weighted by molar-refractivity contribution is 7.17. The molecule has 1 aromatic carbocycles. The Labute approximate surface area is 145 Å². The molecule has 4 rings (SSSR count). The van der Waals surface area contributed by atoms with Gasteiger partial charge in [-0.25, -0.2) is 4.98 Å². The number of fused-ring (bicyclic) bond motifs is 1. The third-order valence-electron chi connectivity index (χ3n) is 4.85. The topological polar surface area (TPSA) is 53.7 Å². The Morgan fingerprint density at radius 2 is 1.92 bits per heavy atom. The quantitative estimate of drug-likeness (QED) is 0.790. The molecule has 0 unspecified atom stereocenters. The molecule has 2 aromatic heterocycles. The average molecular weight is 342 g/mol. The maximum absolute atomic E-state index is 10.8. The zero-order valence-corrected chi connectivity index (χ0v) is 14.8. The third kappa shape index (κ3) is 2.70. The summed E-state index contributed by atoms with van der Waals surface area (Å²) in [5, 5.41) is 15.1. The summed E-state index contributed by atoms with van der Waals surface area (Å²) < 4.78 is 1.57. The molecule has 1 fully saturated rings. The van der Waals surface area contributed by atoms with Crippen LogP contribution in [0.25, 0.3) is 4.96 Å². The van der Waals surface area contributed by atoms with Crippen molar-refractivity contribution in [1.82, 2.24) is 19.5 Å². The number of hydrogen-bond donors (Lipinski definition) is 1. The zero-order valence-electron chi connectivity index (χ0n) is 14.0. The Morgan fingerprint density at radius 3 is 2.58 bits per heavy atom. The fraction of sp³-hybridized carbons (Fsp3) is 0.444. The van der Waals surface area contributed by atoms with Crippen molar-refractivity contribution in [1.29, 1.82) is 0 Å². The number of aromatic hydroxyl groups is 1. The molecule has 0 amide bonds. The first-order valence-corrected chi connectivity index (χ1v) is 9.29. The van der Waals surface area contributed by atoms with Crippen molar-refractivity contribution in [3.63, 3.8) is 0 Å². The molecule has 1 atom stereocenters. The van der Waals surface area contributed by atoms with E-state index >= 15 is 0 Å². The minimum absolute atomic E-state index is 0.0625. The summed E-state index contributed by atoms with van der Waals surface area (Å²) in [7, 11) is 0. The maximum atomic E-state index is 10.8. The van der Waals surface area contributed by atoms with Gasteiger partial charge < -0.3 is 5.11 Å². The lowest BCUT2D eigenvalue weighted by Gasteiger charge is -2.36. The van der Waals surface area contributed by atoms with Crippen molar-refractivity contribution in [2.45, 2.75) is 32.7 Å². The molecule has 0 aliphatic carbocycles. The number of nitrogens with zero attached hydrogens (tertiary/aromatic N) is 4. The Bertz CT molecular complexity index is 833. The van der Waals surface area contributed by atoms with Crippen LogP contribution < -0.4 is 0 Å². The number of aryl methyl sites for hydroxylation is 1. The van der Waals surface area contributed by atoms with Gasteiger partial charge in [-0.05, 0) is 44.3 Å². The van der Waals surface area contributed by atoms with E-state index < -0.39 is 0 Å². The molecule has 0 radical (unpaired) electrons. The predicted octanol–water partition coefficient (Wildman–Crippen LogP) is 3.63. The molecule has 0 bridgehead atoms. The lowest BCUT2D eigenvalue weighted by Crippen LogP contribution is -2.36. The molecule has 24 heavy (non-hydrogen) atoms. The van der Waals surface area contributed by atoms with Gasteiger partial charge in [-0.2, -0.15) is 4.52 Å². The van der Waals surface area contributed by atoms with Crippen molar-refractivity contribution < 1.29 is 5.11 Å². The van der Waals surface area contributed by atoms with Crippen LogP contribution in [-0.2, 0) is 0 Å². The van der Waals surface area contributed by atoms with Crippen LogP contribution in [0.2, 0.25) is 0 Å². The monoisotopic (exact) mass is 342 g/mol. The number of rotatable bonds is 3. The van der Waals surface area contributed by atoms with E-state index in [0.29, 0.717) is 5.82 Å². The van der Waals surface area contributed by atoms with Gasteiger partial charge in [0.1, 0.15) is 5.82 Å². The van der Waals surface area contributed by atoms with Crippen molar-refractivity contribution >= 4 is 16.3 Å². The summed E-state index contributed by atoms with van der Waals surface area (Å²) in [4.78, 5) is 8.59. The molecular weight excluding hydrogens is 320 g/mol. The summed E-state index contributed by atoms with van der Waals surface area (Å²) in [6.07, 6.45) is 2.40. The molecule has 3 aromatic rings. The van der Waals surface area contributed by atoms with Crippen LogP contribution in [-0.4, -0.2) is 37.7 Å². The second-order valence-corrected chi connectivity index (χ2v) is 7.68. The standard InChI is InChI=1S/C18H22N4OS/c1-12-8-10-21(11-9-12)15(14-6-4-3-5-7-14)16-17(23)22-18(24-16)19-13(2)20-22/h3-7,12,15,23H,8-11H2,1-2H3/t15-/m1/s1. The van der Waals surface area contributed by atoms with Crippen LogP contribution in [0.4, 0.5) is 0 Å². The van der Waals surface area contributed by atoms with Crippen LogP contribution in [0.3, 0.4) is 0 Å². The van der Waals surface area contributed by atoms with E-state index in [1.165, 1.54) is 29.7 Å². The molecule has 1 aliphatic heterocycles. The number of piperidine rings is 1. The van der Waals surface area contributed by atoms with Crippen LogP contribution in [0.5, 0.6) is 5.88 Å². The molecular formula is C18H22N4OS. The summed E-state index contributed by atoms with van der Waals surface area (Å²) in [5.41, 5.74) is 1.21. The number of likely N-dealkylation sites (tertiary alicyclic amines) is 1. The molecule has 1 saturated heterocycles. The second-order valence-electron chi connectivity index (χ2n) is 6.68. The van der Waals surface area contributed by atoms with E-state index in [9.17, 15) is 5.11 Å². The first-order chi connectivity index (χ1) is 11.6. The molecule has 0 spiro atoms. The first-order valence-electron chi connectivity index (χ1n) is 8.47. The van der Waals surface area contributed by atoms with Crippen molar-refractivity contribution in [3.05, 3.63) is 46.6 Å². The Hall–Kier alpha value is -1.92. The summed E-state index contributed by atoms with van der Waals surface area (Å²) in [5.74, 6) is 1.69. The number of benzene rings is 1. The SMILES string of the molecule is Cc1nc2sc([C@@H](c3ccccc3)N3CCC(C)CC3)c(O)n2n1. The van der Waals surface area contributed by atoms with Gasteiger partial charge in [0.25, 0.3) is 0 Å². The van der Waals surface area contributed by atoms with Crippen LogP contribution in [0.1, 0.15) is 42.1 Å².